The van der Waals surface area contributed by atoms with Crippen LogP contribution in [-0.2, 0) is 0 Å². The molecule has 1 aromatic carbocycles. The number of rotatable bonds is 2. The molecule has 20 heavy (non-hydrogen) atoms. The normalized spacial score (nSPS) is 11.0. The Bertz CT molecular complexity index is 767. The molecule has 0 unspecified atom stereocenters. The molecule has 2 aromatic heterocycles. The van der Waals surface area contributed by atoms with Gasteiger partial charge in [0.1, 0.15) is 11.5 Å². The molecule has 4 nitrogen and oxygen atoms in total. The maximum Gasteiger partial charge on any atom is 0.264 e. The third-order valence-electron chi connectivity index (χ3n) is 2.54. The molecule has 2 heterocycles. The first kappa shape index (κ1) is 13.8. The Labute approximate surface area is 134 Å². The standard InChI is InChI=1S/C12H5Br2ClFN3O/c13-7-4-9(17-10(7)14)12-19-18-11(20-12)6-3-5(16)1-2-8(6)15/h1-4,17H. The Balaban J connectivity index is 2.04. The van der Waals surface area contributed by atoms with E-state index >= 15 is 0 Å². The Hall–Kier alpha value is -1.18. The molecule has 0 aliphatic carbocycles. The topological polar surface area (TPSA) is 54.7 Å². The van der Waals surface area contributed by atoms with Crippen LogP contribution in [-0.4, -0.2) is 15.2 Å². The summed E-state index contributed by atoms with van der Waals surface area (Å²) in [5, 5.41) is 8.15. The zero-order valence-corrected chi connectivity index (χ0v) is 13.6. The van der Waals surface area contributed by atoms with Crippen LogP contribution in [0.15, 0.2) is 37.8 Å². The van der Waals surface area contributed by atoms with Crippen LogP contribution < -0.4 is 0 Å². The SMILES string of the molecule is Fc1ccc(Cl)c(-c2nnc(-c3cc(Br)c(Br)[nH]3)o2)c1. The highest BCUT2D eigenvalue weighted by molar-refractivity contribution is 9.13. The van der Waals surface area contributed by atoms with Crippen LogP contribution in [0.25, 0.3) is 23.0 Å². The third-order valence-corrected chi connectivity index (χ3v) is 4.65. The lowest BCUT2D eigenvalue weighted by atomic mass is 10.2. The van der Waals surface area contributed by atoms with Crippen molar-refractivity contribution in [2.45, 2.75) is 0 Å². The molecule has 0 saturated heterocycles. The van der Waals surface area contributed by atoms with E-state index in [-0.39, 0.29) is 11.8 Å². The lowest BCUT2D eigenvalue weighted by Crippen LogP contribution is -1.82. The maximum absolute atomic E-state index is 13.3. The Morgan fingerprint density at radius 3 is 2.60 bits per heavy atom. The van der Waals surface area contributed by atoms with Crippen molar-refractivity contribution >= 4 is 43.5 Å². The summed E-state index contributed by atoms with van der Waals surface area (Å²) in [6.07, 6.45) is 0. The molecule has 3 rings (SSSR count). The van der Waals surface area contributed by atoms with Crippen LogP contribution in [0, 0.1) is 5.82 Å². The van der Waals surface area contributed by atoms with Gasteiger partial charge in [-0.3, -0.25) is 0 Å². The van der Waals surface area contributed by atoms with E-state index in [9.17, 15) is 4.39 Å². The second-order valence-electron chi connectivity index (χ2n) is 3.88. The van der Waals surface area contributed by atoms with Crippen LogP contribution in [0.1, 0.15) is 0 Å². The summed E-state index contributed by atoms with van der Waals surface area (Å²) in [7, 11) is 0. The summed E-state index contributed by atoms with van der Waals surface area (Å²) < 4.78 is 20.4. The molecule has 0 aliphatic heterocycles. The number of benzene rings is 1. The molecule has 0 fully saturated rings. The van der Waals surface area contributed by atoms with Crippen molar-refractivity contribution in [2.75, 3.05) is 0 Å². The van der Waals surface area contributed by atoms with E-state index in [0.717, 1.165) is 9.08 Å². The average molecular weight is 421 g/mol. The number of hydrogen-bond acceptors (Lipinski definition) is 3. The first-order valence-corrected chi connectivity index (χ1v) is 7.34. The Morgan fingerprint density at radius 2 is 1.90 bits per heavy atom. The number of hydrogen-bond donors (Lipinski definition) is 1. The highest BCUT2D eigenvalue weighted by Gasteiger charge is 2.16. The first-order valence-electron chi connectivity index (χ1n) is 5.38. The summed E-state index contributed by atoms with van der Waals surface area (Å²) >= 11 is 12.7. The lowest BCUT2D eigenvalue weighted by molar-refractivity contribution is 0.580. The van der Waals surface area contributed by atoms with Gasteiger partial charge in [-0.1, -0.05) is 11.6 Å². The molecule has 0 aliphatic rings. The Morgan fingerprint density at radius 1 is 1.15 bits per heavy atom. The lowest BCUT2D eigenvalue weighted by Gasteiger charge is -1.98. The fourth-order valence-electron chi connectivity index (χ4n) is 1.62. The number of aromatic amines is 1. The van der Waals surface area contributed by atoms with Crippen molar-refractivity contribution in [1.29, 1.82) is 0 Å². The second kappa shape index (κ2) is 5.31. The molecule has 0 amide bonds. The summed E-state index contributed by atoms with van der Waals surface area (Å²) in [6, 6.07) is 5.74. The van der Waals surface area contributed by atoms with Gasteiger partial charge in [-0.25, -0.2) is 4.39 Å². The first-order chi connectivity index (χ1) is 9.54. The van der Waals surface area contributed by atoms with Gasteiger partial charge in [0.25, 0.3) is 5.89 Å². The van der Waals surface area contributed by atoms with Gasteiger partial charge in [0.15, 0.2) is 0 Å². The van der Waals surface area contributed by atoms with E-state index < -0.39 is 5.82 Å². The van der Waals surface area contributed by atoms with Crippen molar-refractivity contribution in [2.24, 2.45) is 0 Å². The number of halogens is 4. The van der Waals surface area contributed by atoms with Gasteiger partial charge in [0, 0.05) is 0 Å². The van der Waals surface area contributed by atoms with Crippen molar-refractivity contribution in [3.8, 4) is 23.0 Å². The number of aromatic nitrogens is 3. The Kier molecular flexibility index (Phi) is 3.66. The molecular weight excluding hydrogens is 416 g/mol. The monoisotopic (exact) mass is 419 g/mol. The summed E-state index contributed by atoms with van der Waals surface area (Å²) in [5.41, 5.74) is 0.991. The molecule has 8 heteroatoms. The van der Waals surface area contributed by atoms with Gasteiger partial charge in [-0.15, -0.1) is 10.2 Å². The van der Waals surface area contributed by atoms with Gasteiger partial charge in [-0.05, 0) is 56.1 Å². The zero-order valence-electron chi connectivity index (χ0n) is 9.62. The molecule has 0 radical (unpaired) electrons. The molecule has 0 saturated carbocycles. The fourth-order valence-corrected chi connectivity index (χ4v) is 2.48. The van der Waals surface area contributed by atoms with Crippen LogP contribution in [0.5, 0.6) is 0 Å². The molecule has 0 atom stereocenters. The molecule has 1 N–H and O–H groups in total. The largest absolute Gasteiger partial charge is 0.415 e. The predicted octanol–water partition coefficient (Wildman–Crippen LogP) is 5.05. The average Bonchev–Trinajstić information content (AvgIpc) is 3.01. The third kappa shape index (κ3) is 2.53. The zero-order chi connectivity index (χ0) is 14.3. The molecule has 102 valence electrons. The maximum atomic E-state index is 13.3. The number of H-pyrrole nitrogens is 1. The van der Waals surface area contributed by atoms with Gasteiger partial charge in [0.2, 0.25) is 5.89 Å². The van der Waals surface area contributed by atoms with E-state index in [1.54, 1.807) is 6.07 Å². The smallest absolute Gasteiger partial charge is 0.264 e. The molecule has 0 bridgehead atoms. The van der Waals surface area contributed by atoms with Crippen molar-refractivity contribution in [3.05, 3.63) is 44.2 Å². The minimum atomic E-state index is -0.422. The fraction of sp³-hybridized carbons (Fsp3) is 0. The van der Waals surface area contributed by atoms with E-state index in [2.05, 4.69) is 47.0 Å². The van der Waals surface area contributed by atoms with Gasteiger partial charge in [-0.2, -0.15) is 0 Å². The molecule has 3 aromatic rings. The van der Waals surface area contributed by atoms with Crippen LogP contribution in [0.2, 0.25) is 5.02 Å². The van der Waals surface area contributed by atoms with E-state index in [1.807, 2.05) is 0 Å². The minimum Gasteiger partial charge on any atom is -0.415 e. The predicted molar refractivity (Wildman–Crippen MR) is 79.9 cm³/mol. The van der Waals surface area contributed by atoms with Gasteiger partial charge in [0.05, 0.1) is 19.7 Å². The van der Waals surface area contributed by atoms with E-state index in [4.69, 9.17) is 16.0 Å². The van der Waals surface area contributed by atoms with Crippen LogP contribution in [0.3, 0.4) is 0 Å². The van der Waals surface area contributed by atoms with Crippen LogP contribution >= 0.6 is 43.5 Å². The highest BCUT2D eigenvalue weighted by Crippen LogP contribution is 2.32. The van der Waals surface area contributed by atoms with E-state index in [1.165, 1.54) is 18.2 Å². The number of nitrogens with one attached hydrogen (secondary N) is 1. The van der Waals surface area contributed by atoms with E-state index in [0.29, 0.717) is 16.3 Å². The summed E-state index contributed by atoms with van der Waals surface area (Å²) in [6.45, 7) is 0. The van der Waals surface area contributed by atoms with Crippen molar-refractivity contribution in [1.82, 2.24) is 15.2 Å². The van der Waals surface area contributed by atoms with Gasteiger partial charge < -0.3 is 9.40 Å². The second-order valence-corrected chi connectivity index (χ2v) is 5.94. The molecular formula is C12H5Br2ClFN3O. The van der Waals surface area contributed by atoms with Gasteiger partial charge >= 0.3 is 0 Å². The minimum absolute atomic E-state index is 0.159. The van der Waals surface area contributed by atoms with Crippen molar-refractivity contribution in [3.63, 3.8) is 0 Å². The molecule has 0 spiro atoms. The summed E-state index contributed by atoms with van der Waals surface area (Å²) in [4.78, 5) is 3.02. The van der Waals surface area contributed by atoms with Crippen molar-refractivity contribution < 1.29 is 8.81 Å². The summed E-state index contributed by atoms with van der Waals surface area (Å²) in [5.74, 6) is 0.0209. The quantitative estimate of drug-likeness (QED) is 0.630. The van der Waals surface area contributed by atoms with Crippen LogP contribution in [0.4, 0.5) is 4.39 Å². The highest BCUT2D eigenvalue weighted by atomic mass is 79.9. The number of nitrogens with zero attached hydrogens (tertiary/aromatic N) is 2.